The highest BCUT2D eigenvalue weighted by Gasteiger charge is 2.35. The summed E-state index contributed by atoms with van der Waals surface area (Å²) in [6, 6.07) is 7.93. The number of carbonyl (C=O) groups excluding carboxylic acids is 1. The molecule has 0 aliphatic carbocycles. The average molecular weight is 495 g/mol. The molecule has 0 radical (unpaired) electrons. The first-order chi connectivity index (χ1) is 15.4. The largest absolute Gasteiger partial charge is 0.493 e. The minimum absolute atomic E-state index is 0. The van der Waals surface area contributed by atoms with E-state index in [1.54, 1.807) is 25.3 Å². The normalized spacial score (nSPS) is 15.0. The van der Waals surface area contributed by atoms with Gasteiger partial charge in [0.25, 0.3) is 0 Å². The number of hydrogen-bond donors (Lipinski definition) is 2. The number of amides is 1. The maximum absolute atomic E-state index is 12.9. The molecule has 33 heavy (non-hydrogen) atoms. The quantitative estimate of drug-likeness (QED) is 0.455. The van der Waals surface area contributed by atoms with Crippen LogP contribution in [0.5, 0.6) is 11.5 Å². The molecular weight excluding hydrogens is 472 g/mol. The second-order valence-electron chi connectivity index (χ2n) is 7.00. The fourth-order valence-corrected chi connectivity index (χ4v) is 4.38. The van der Waals surface area contributed by atoms with E-state index < -0.39 is 15.9 Å². The van der Waals surface area contributed by atoms with Gasteiger partial charge in [0.2, 0.25) is 15.9 Å². The van der Waals surface area contributed by atoms with Crippen molar-refractivity contribution in [2.45, 2.75) is 10.8 Å². The Balaban J connectivity index is 0.00000306. The molecule has 10 nitrogen and oxygen atoms in total. The summed E-state index contributed by atoms with van der Waals surface area (Å²) in [5.74, 6) is -0.180. The van der Waals surface area contributed by atoms with E-state index in [2.05, 4.69) is 20.0 Å². The molecule has 0 bridgehead atoms. The lowest BCUT2D eigenvalue weighted by molar-refractivity contribution is -0.116. The topological polar surface area (TPSA) is 129 Å². The molecule has 12 heteroatoms. The van der Waals surface area contributed by atoms with Crippen molar-refractivity contribution in [2.75, 3.05) is 39.8 Å². The van der Waals surface area contributed by atoms with Crippen LogP contribution in [0.1, 0.15) is 17.2 Å². The lowest BCUT2D eigenvalue weighted by Gasteiger charge is -2.15. The van der Waals surface area contributed by atoms with E-state index in [-0.39, 0.29) is 23.2 Å². The smallest absolute Gasteiger partial charge is 0.240 e. The van der Waals surface area contributed by atoms with Gasteiger partial charge in [-0.2, -0.15) is 0 Å². The van der Waals surface area contributed by atoms with Crippen molar-refractivity contribution in [3.8, 4) is 11.5 Å². The Morgan fingerprint density at radius 1 is 1.09 bits per heavy atom. The summed E-state index contributed by atoms with van der Waals surface area (Å²) in [7, 11) is 0.748. The van der Waals surface area contributed by atoms with Crippen molar-refractivity contribution < 1.29 is 27.4 Å². The van der Waals surface area contributed by atoms with Gasteiger partial charge in [-0.1, -0.05) is 0 Å². The van der Waals surface area contributed by atoms with Crippen LogP contribution in [-0.2, 0) is 19.6 Å². The summed E-state index contributed by atoms with van der Waals surface area (Å²) in [4.78, 5) is 21.6. The van der Waals surface area contributed by atoms with Gasteiger partial charge < -0.3 is 19.5 Å². The van der Waals surface area contributed by atoms with Crippen LogP contribution in [0.15, 0.2) is 41.6 Å². The van der Waals surface area contributed by atoms with Gasteiger partial charge in [0, 0.05) is 24.2 Å². The number of sulfonamides is 1. The molecule has 0 fully saturated rings. The number of ether oxygens (including phenoxy) is 3. The lowest BCUT2D eigenvalue weighted by Crippen LogP contribution is -2.19. The number of anilines is 1. The fourth-order valence-electron chi connectivity index (χ4n) is 3.62. The van der Waals surface area contributed by atoms with Gasteiger partial charge >= 0.3 is 0 Å². The third kappa shape index (κ3) is 4.58. The molecule has 2 N–H and O–H groups in total. The second kappa shape index (κ2) is 9.87. The second-order valence-corrected chi connectivity index (χ2v) is 8.89. The molecule has 1 aliphatic rings. The van der Waals surface area contributed by atoms with Gasteiger partial charge in [-0.05, 0) is 36.9 Å². The standard InChI is InChI=1S/C21H22N4O6S.ClH/c1-22-32(27,28)12-4-5-15-13(8-12)19(21(26)25-15)20-14-9-17(30-3)18(31-7-6-29-2)10-16(14)23-11-24-20;/h4-5,8-11,19,22H,6-7H2,1-3H3,(H,25,26);1H. The van der Waals surface area contributed by atoms with Crippen LogP contribution in [0.2, 0.25) is 0 Å². The van der Waals surface area contributed by atoms with Gasteiger partial charge in [-0.3, -0.25) is 4.79 Å². The zero-order valence-corrected chi connectivity index (χ0v) is 19.7. The molecule has 176 valence electrons. The summed E-state index contributed by atoms with van der Waals surface area (Å²) in [5, 5.41) is 3.39. The summed E-state index contributed by atoms with van der Waals surface area (Å²) < 4.78 is 43.1. The van der Waals surface area contributed by atoms with E-state index in [0.717, 1.165) is 0 Å². The van der Waals surface area contributed by atoms with E-state index in [1.807, 2.05) is 0 Å². The van der Waals surface area contributed by atoms with Crippen molar-refractivity contribution in [2.24, 2.45) is 0 Å². The summed E-state index contributed by atoms with van der Waals surface area (Å²) in [6.07, 6.45) is 1.36. The number of halogens is 1. The van der Waals surface area contributed by atoms with E-state index in [0.29, 0.717) is 52.6 Å². The molecule has 1 aromatic heterocycles. The van der Waals surface area contributed by atoms with Crippen LogP contribution in [0.4, 0.5) is 5.69 Å². The van der Waals surface area contributed by atoms with Crippen LogP contribution in [0.25, 0.3) is 10.9 Å². The van der Waals surface area contributed by atoms with Crippen molar-refractivity contribution in [1.29, 1.82) is 0 Å². The average Bonchev–Trinajstić information content (AvgIpc) is 3.13. The number of benzene rings is 2. The van der Waals surface area contributed by atoms with Crippen molar-refractivity contribution in [3.05, 3.63) is 47.9 Å². The Bertz CT molecular complexity index is 1300. The number of fused-ring (bicyclic) bond motifs is 2. The Morgan fingerprint density at radius 2 is 1.88 bits per heavy atom. The molecule has 2 heterocycles. The molecule has 1 aliphatic heterocycles. The Labute approximate surface area is 197 Å². The van der Waals surface area contributed by atoms with Crippen molar-refractivity contribution in [3.63, 3.8) is 0 Å². The molecule has 0 saturated heterocycles. The third-order valence-electron chi connectivity index (χ3n) is 5.20. The maximum atomic E-state index is 12.9. The highest BCUT2D eigenvalue weighted by molar-refractivity contribution is 7.89. The zero-order chi connectivity index (χ0) is 22.9. The summed E-state index contributed by atoms with van der Waals surface area (Å²) in [5.41, 5.74) is 2.05. The first kappa shape index (κ1) is 24.6. The Hall–Kier alpha value is -2.99. The molecular formula is C21H23ClN4O6S. The minimum atomic E-state index is -3.68. The SMILES string of the molecule is CNS(=O)(=O)c1ccc2c(c1)C(c1ncnc3cc(OCCOC)c(OC)cc13)C(=O)N2.Cl. The summed E-state index contributed by atoms with van der Waals surface area (Å²) >= 11 is 0. The van der Waals surface area contributed by atoms with E-state index in [4.69, 9.17) is 14.2 Å². The van der Waals surface area contributed by atoms with E-state index >= 15 is 0 Å². The molecule has 4 rings (SSSR count). The van der Waals surface area contributed by atoms with Gasteiger partial charge in [-0.15, -0.1) is 12.4 Å². The summed E-state index contributed by atoms with van der Waals surface area (Å²) in [6.45, 7) is 0.741. The number of nitrogens with one attached hydrogen (secondary N) is 2. The van der Waals surface area contributed by atoms with Gasteiger partial charge in [-0.25, -0.2) is 23.1 Å². The molecule has 1 unspecified atom stereocenters. The number of nitrogens with zero attached hydrogens (tertiary/aromatic N) is 2. The molecule has 1 atom stereocenters. The molecule has 1 amide bonds. The number of hydrogen-bond acceptors (Lipinski definition) is 8. The predicted molar refractivity (Wildman–Crippen MR) is 124 cm³/mol. The highest BCUT2D eigenvalue weighted by atomic mass is 35.5. The number of methoxy groups -OCH3 is 2. The minimum Gasteiger partial charge on any atom is -0.493 e. The predicted octanol–water partition coefficient (Wildman–Crippen LogP) is 2.08. The lowest BCUT2D eigenvalue weighted by atomic mass is 9.94. The molecule has 2 aromatic carbocycles. The van der Waals surface area contributed by atoms with E-state index in [1.165, 1.54) is 32.6 Å². The number of rotatable bonds is 8. The van der Waals surface area contributed by atoms with Gasteiger partial charge in [0.15, 0.2) is 11.5 Å². The monoisotopic (exact) mass is 494 g/mol. The van der Waals surface area contributed by atoms with Crippen LogP contribution in [0, 0.1) is 0 Å². The first-order valence-electron chi connectivity index (χ1n) is 9.72. The van der Waals surface area contributed by atoms with Crippen molar-refractivity contribution in [1.82, 2.24) is 14.7 Å². The van der Waals surface area contributed by atoms with Crippen molar-refractivity contribution >= 4 is 44.9 Å². The number of carbonyl (C=O) groups is 1. The highest BCUT2D eigenvalue weighted by Crippen LogP contribution is 2.41. The molecule has 3 aromatic rings. The van der Waals surface area contributed by atoms with Crippen LogP contribution >= 0.6 is 12.4 Å². The van der Waals surface area contributed by atoms with Gasteiger partial charge in [0.05, 0.1) is 29.8 Å². The third-order valence-corrected chi connectivity index (χ3v) is 6.62. The van der Waals surface area contributed by atoms with Crippen LogP contribution < -0.4 is 19.5 Å². The van der Waals surface area contributed by atoms with Crippen LogP contribution in [-0.4, -0.2) is 58.8 Å². The zero-order valence-electron chi connectivity index (χ0n) is 18.1. The fraction of sp³-hybridized carbons (Fsp3) is 0.286. The Morgan fingerprint density at radius 3 is 2.58 bits per heavy atom. The Kier molecular flexibility index (Phi) is 7.38. The molecule has 0 saturated carbocycles. The maximum Gasteiger partial charge on any atom is 0.240 e. The van der Waals surface area contributed by atoms with Crippen LogP contribution in [0.3, 0.4) is 0 Å². The van der Waals surface area contributed by atoms with Gasteiger partial charge in [0.1, 0.15) is 18.9 Å². The number of aromatic nitrogens is 2. The van der Waals surface area contributed by atoms with E-state index in [9.17, 15) is 13.2 Å². The first-order valence-corrected chi connectivity index (χ1v) is 11.2. The molecule has 0 spiro atoms.